The van der Waals surface area contributed by atoms with Crippen LogP contribution < -0.4 is 10.6 Å². The molecule has 0 spiro atoms. The summed E-state index contributed by atoms with van der Waals surface area (Å²) in [5, 5.41) is 13.8. The fraction of sp³-hybridized carbons (Fsp3) is 0.211. The summed E-state index contributed by atoms with van der Waals surface area (Å²) in [6.07, 6.45) is 3.69. The lowest BCUT2D eigenvalue weighted by atomic mass is 9.76. The number of hydrogen-bond donors (Lipinski definition) is 1. The number of rotatable bonds is 2. The Morgan fingerprint density at radius 3 is 2.85 bits per heavy atom. The molecule has 0 saturated carbocycles. The van der Waals surface area contributed by atoms with Gasteiger partial charge in [-0.05, 0) is 63.3 Å². The van der Waals surface area contributed by atoms with E-state index in [1.807, 2.05) is 29.0 Å². The molecule has 2 aromatic rings. The Kier molecular flexibility index (Phi) is 4.39. The Bertz CT molecular complexity index is 970. The van der Waals surface area contributed by atoms with E-state index in [-0.39, 0.29) is 11.7 Å². The van der Waals surface area contributed by atoms with Crippen molar-refractivity contribution in [3.63, 3.8) is 0 Å². The average Bonchev–Trinajstić information content (AvgIpc) is 3.16. The second kappa shape index (κ2) is 6.71. The highest BCUT2D eigenvalue weighted by atomic mass is 79.9. The molecule has 2 aromatic heterocycles. The maximum absolute atomic E-state index is 12.9. The Labute approximate surface area is 163 Å². The van der Waals surface area contributed by atoms with Gasteiger partial charge in [-0.1, -0.05) is 0 Å². The number of carbonyl (C=O) groups is 1. The highest BCUT2D eigenvalue weighted by Gasteiger charge is 2.40. The average molecular weight is 427 g/mol. The van der Waals surface area contributed by atoms with Crippen LogP contribution in [0.25, 0.3) is 0 Å². The van der Waals surface area contributed by atoms with Crippen LogP contribution in [0.5, 0.6) is 0 Å². The largest absolute Gasteiger partial charge is 0.384 e. The van der Waals surface area contributed by atoms with Crippen LogP contribution in [-0.4, -0.2) is 10.8 Å². The number of ketones is 1. The monoisotopic (exact) mass is 426 g/mol. The highest BCUT2D eigenvalue weighted by molar-refractivity contribution is 9.10. The van der Waals surface area contributed by atoms with E-state index >= 15 is 0 Å². The highest BCUT2D eigenvalue weighted by Crippen LogP contribution is 2.46. The van der Waals surface area contributed by atoms with Crippen molar-refractivity contribution in [1.82, 2.24) is 4.98 Å². The quantitative estimate of drug-likeness (QED) is 0.777. The number of allylic oxidation sites excluding steroid dienone is 3. The van der Waals surface area contributed by atoms with Gasteiger partial charge in [0.05, 0.1) is 17.6 Å². The molecule has 0 fully saturated rings. The van der Waals surface area contributed by atoms with Gasteiger partial charge in [-0.3, -0.25) is 9.69 Å². The third-order valence-corrected chi connectivity index (χ3v) is 5.90. The van der Waals surface area contributed by atoms with Gasteiger partial charge in [-0.15, -0.1) is 0 Å². The molecule has 0 saturated heterocycles. The molecular weight excluding hydrogens is 412 g/mol. The predicted octanol–water partition coefficient (Wildman–Crippen LogP) is 4.21. The molecule has 0 bridgehead atoms. The summed E-state index contributed by atoms with van der Waals surface area (Å²) in [5.74, 6) is 0.668. The van der Waals surface area contributed by atoms with E-state index in [1.165, 1.54) is 0 Å². The number of anilines is 1. The number of hydrogen-bond acceptors (Lipinski definition) is 6. The topological polar surface area (TPSA) is 83.0 Å². The number of carbonyl (C=O) groups excluding carboxylic acids is 1. The first kappa shape index (κ1) is 17.0. The summed E-state index contributed by atoms with van der Waals surface area (Å²) >= 11 is 4.93. The van der Waals surface area contributed by atoms with Crippen LogP contribution in [0.1, 0.15) is 30.7 Å². The van der Waals surface area contributed by atoms with Crippen molar-refractivity contribution in [2.45, 2.75) is 25.2 Å². The summed E-state index contributed by atoms with van der Waals surface area (Å²) in [7, 11) is 0. The van der Waals surface area contributed by atoms with E-state index in [2.05, 4.69) is 27.0 Å². The van der Waals surface area contributed by atoms with Crippen LogP contribution in [0.15, 0.2) is 62.3 Å². The van der Waals surface area contributed by atoms with Gasteiger partial charge in [0.1, 0.15) is 11.6 Å². The van der Waals surface area contributed by atoms with Crippen LogP contribution in [0.2, 0.25) is 0 Å². The first-order valence-corrected chi connectivity index (χ1v) is 9.95. The molecule has 0 amide bonds. The van der Waals surface area contributed by atoms with Gasteiger partial charge in [0.15, 0.2) is 5.78 Å². The van der Waals surface area contributed by atoms with Crippen molar-refractivity contribution in [2.24, 2.45) is 5.73 Å². The molecule has 5 nitrogen and oxygen atoms in total. The lowest BCUT2D eigenvalue weighted by Gasteiger charge is -2.38. The van der Waals surface area contributed by atoms with Crippen LogP contribution >= 0.6 is 27.3 Å². The molecule has 7 heteroatoms. The summed E-state index contributed by atoms with van der Waals surface area (Å²) in [5.41, 5.74) is 9.34. The Morgan fingerprint density at radius 1 is 1.35 bits per heavy atom. The van der Waals surface area contributed by atoms with Crippen molar-refractivity contribution >= 4 is 38.9 Å². The Balaban J connectivity index is 1.96. The van der Waals surface area contributed by atoms with Gasteiger partial charge >= 0.3 is 0 Å². The fourth-order valence-corrected chi connectivity index (χ4v) is 4.54. The molecular formula is C19H15BrN4OS. The number of Topliss-reactive ketones (excluding diaryl/α,β-unsaturated/α-hetero) is 1. The number of halogens is 1. The zero-order valence-electron chi connectivity index (χ0n) is 13.8. The molecule has 0 radical (unpaired) electrons. The van der Waals surface area contributed by atoms with Gasteiger partial charge in [0.25, 0.3) is 0 Å². The summed E-state index contributed by atoms with van der Waals surface area (Å²) in [4.78, 5) is 19.1. The lowest BCUT2D eigenvalue weighted by molar-refractivity contribution is -0.116. The van der Waals surface area contributed by atoms with Crippen LogP contribution in [0.3, 0.4) is 0 Å². The van der Waals surface area contributed by atoms with Crippen LogP contribution in [0, 0.1) is 11.3 Å². The summed E-state index contributed by atoms with van der Waals surface area (Å²) in [6.45, 7) is 0. The lowest BCUT2D eigenvalue weighted by Crippen LogP contribution is -2.39. The molecule has 4 rings (SSSR count). The van der Waals surface area contributed by atoms with E-state index in [1.54, 1.807) is 22.4 Å². The SMILES string of the molecule is N#CC1=C(N)N(c2ccc(Br)cn2)C2=C(C(=O)CCC2)[C@@H]1c1ccsc1. The van der Waals surface area contributed by atoms with E-state index < -0.39 is 0 Å². The van der Waals surface area contributed by atoms with Gasteiger partial charge in [0, 0.05) is 28.4 Å². The molecule has 2 N–H and O–H groups in total. The number of nitriles is 1. The van der Waals surface area contributed by atoms with Crippen molar-refractivity contribution in [2.75, 3.05) is 4.90 Å². The standard InChI is InChI=1S/C19H15BrN4OS/c20-12-4-5-16(23-9-12)24-14-2-1-3-15(25)18(14)17(11-6-7-26-10-11)13(8-21)19(24)22/h4-7,9-10,17H,1-3,22H2/t17-/m1/s1. The van der Waals surface area contributed by atoms with E-state index in [0.29, 0.717) is 29.2 Å². The Hall–Kier alpha value is -2.43. The first-order chi connectivity index (χ1) is 12.6. The smallest absolute Gasteiger partial charge is 0.161 e. The molecule has 1 aliphatic heterocycles. The number of nitrogens with zero attached hydrogens (tertiary/aromatic N) is 3. The van der Waals surface area contributed by atoms with Crippen molar-refractivity contribution < 1.29 is 4.79 Å². The minimum atomic E-state index is -0.388. The van der Waals surface area contributed by atoms with Crippen molar-refractivity contribution in [3.05, 3.63) is 67.9 Å². The normalized spacial score (nSPS) is 20.2. The minimum Gasteiger partial charge on any atom is -0.384 e. The van der Waals surface area contributed by atoms with E-state index in [9.17, 15) is 10.1 Å². The van der Waals surface area contributed by atoms with Gasteiger partial charge < -0.3 is 5.73 Å². The molecule has 1 aliphatic carbocycles. The fourth-order valence-electron chi connectivity index (χ4n) is 3.62. The molecule has 0 aromatic carbocycles. The molecule has 3 heterocycles. The number of thiophene rings is 1. The van der Waals surface area contributed by atoms with Crippen LogP contribution in [0.4, 0.5) is 5.82 Å². The minimum absolute atomic E-state index is 0.0878. The maximum atomic E-state index is 12.9. The molecule has 26 heavy (non-hydrogen) atoms. The van der Waals surface area contributed by atoms with Gasteiger partial charge in [-0.25, -0.2) is 4.98 Å². The number of nitrogens with two attached hydrogens (primary N) is 1. The maximum Gasteiger partial charge on any atom is 0.161 e. The zero-order valence-corrected chi connectivity index (χ0v) is 16.2. The third kappa shape index (κ3) is 2.66. The zero-order chi connectivity index (χ0) is 18.3. The van der Waals surface area contributed by atoms with Gasteiger partial charge in [-0.2, -0.15) is 16.6 Å². The molecule has 130 valence electrons. The third-order valence-electron chi connectivity index (χ3n) is 4.73. The van der Waals surface area contributed by atoms with Crippen molar-refractivity contribution in [3.8, 4) is 6.07 Å². The number of aromatic nitrogens is 1. The summed E-state index contributed by atoms with van der Waals surface area (Å²) < 4.78 is 0.853. The molecule has 1 atom stereocenters. The Morgan fingerprint density at radius 2 is 2.19 bits per heavy atom. The second-order valence-corrected chi connectivity index (χ2v) is 7.90. The second-order valence-electron chi connectivity index (χ2n) is 6.21. The predicted molar refractivity (Wildman–Crippen MR) is 104 cm³/mol. The van der Waals surface area contributed by atoms with Crippen LogP contribution in [-0.2, 0) is 4.79 Å². The van der Waals surface area contributed by atoms with Gasteiger partial charge in [0.2, 0.25) is 0 Å². The molecule has 2 aliphatic rings. The van der Waals surface area contributed by atoms with E-state index in [0.717, 1.165) is 28.6 Å². The summed E-state index contributed by atoms with van der Waals surface area (Å²) in [6, 6.07) is 7.92. The van der Waals surface area contributed by atoms with Crippen molar-refractivity contribution in [1.29, 1.82) is 5.26 Å². The first-order valence-electron chi connectivity index (χ1n) is 8.21. The molecule has 0 unspecified atom stereocenters. The number of pyridine rings is 1. The van der Waals surface area contributed by atoms with E-state index in [4.69, 9.17) is 5.73 Å².